The SMILES string of the molecule is CO[C@@H]1C[C@@H](O[C@H]2C[C@@H](OCc3ccccc3)[C@H](O)[C@@H](C)O2)[C@H](OS(=O)(=O)c2ccc(C)cc2)[C@@H](C)O1. The number of aryl methyl sites for hydroxylation is 1. The van der Waals surface area contributed by atoms with Gasteiger partial charge in [-0.15, -0.1) is 0 Å². The summed E-state index contributed by atoms with van der Waals surface area (Å²) in [7, 11) is -2.57. The predicted molar refractivity (Wildman–Crippen MR) is 134 cm³/mol. The van der Waals surface area contributed by atoms with Crippen LogP contribution in [-0.2, 0) is 44.6 Å². The minimum absolute atomic E-state index is 0.0537. The standard InChI is InChI=1S/C27H36O9S/c1-17-10-12-21(13-11-17)37(29,30)36-27-19(3)34-24(31-4)15-23(27)35-25-14-22(26(28)18(2)33-25)32-16-20-8-6-5-7-9-20/h5-13,18-19,22-28H,14-16H2,1-4H3/t18-,19-,22-,23-,24+,25+,26-,27-/m1/s1. The Morgan fingerprint density at radius 1 is 0.919 bits per heavy atom. The lowest BCUT2D eigenvalue weighted by atomic mass is 10.0. The zero-order chi connectivity index (χ0) is 26.6. The quantitative estimate of drug-likeness (QED) is 0.483. The third-order valence-corrected chi connectivity index (χ3v) is 8.04. The minimum atomic E-state index is -4.08. The van der Waals surface area contributed by atoms with Crippen molar-refractivity contribution < 1.29 is 41.4 Å². The van der Waals surface area contributed by atoms with Crippen LogP contribution in [-0.4, -0.2) is 69.8 Å². The van der Waals surface area contributed by atoms with Crippen LogP contribution >= 0.6 is 0 Å². The monoisotopic (exact) mass is 536 g/mol. The number of aliphatic hydroxyl groups excluding tert-OH is 1. The number of hydrogen-bond donors (Lipinski definition) is 1. The summed E-state index contributed by atoms with van der Waals surface area (Å²) in [6.07, 6.45) is -5.05. The second-order valence-corrected chi connectivity index (χ2v) is 11.1. The third-order valence-electron chi connectivity index (χ3n) is 6.72. The Kier molecular flexibility index (Phi) is 9.36. The molecule has 8 atom stereocenters. The van der Waals surface area contributed by atoms with Crippen molar-refractivity contribution in [2.24, 2.45) is 0 Å². The second kappa shape index (κ2) is 12.3. The van der Waals surface area contributed by atoms with Gasteiger partial charge in [-0.2, -0.15) is 8.42 Å². The summed E-state index contributed by atoms with van der Waals surface area (Å²) in [5.41, 5.74) is 1.93. The molecule has 0 amide bonds. The second-order valence-electron chi connectivity index (χ2n) is 9.58. The van der Waals surface area contributed by atoms with Gasteiger partial charge in [-0.1, -0.05) is 48.0 Å². The van der Waals surface area contributed by atoms with Gasteiger partial charge >= 0.3 is 0 Å². The molecule has 0 bridgehead atoms. The van der Waals surface area contributed by atoms with Crippen molar-refractivity contribution in [2.75, 3.05) is 7.11 Å². The van der Waals surface area contributed by atoms with Gasteiger partial charge in [0.25, 0.3) is 10.1 Å². The summed E-state index contributed by atoms with van der Waals surface area (Å²) in [5, 5.41) is 10.7. The number of methoxy groups -OCH3 is 1. The fourth-order valence-corrected chi connectivity index (χ4v) is 5.72. The maximum absolute atomic E-state index is 13.1. The first-order valence-corrected chi connectivity index (χ1v) is 13.9. The van der Waals surface area contributed by atoms with Crippen LogP contribution < -0.4 is 0 Å². The minimum Gasteiger partial charge on any atom is -0.388 e. The topological polar surface area (TPSA) is 110 Å². The van der Waals surface area contributed by atoms with E-state index < -0.39 is 59.3 Å². The molecule has 9 nitrogen and oxygen atoms in total. The van der Waals surface area contributed by atoms with Crippen molar-refractivity contribution >= 4 is 10.1 Å². The van der Waals surface area contributed by atoms with Gasteiger partial charge in [0.1, 0.15) is 12.2 Å². The molecular formula is C27H36O9S. The van der Waals surface area contributed by atoms with Gasteiger partial charge in [0, 0.05) is 20.0 Å². The summed E-state index contributed by atoms with van der Waals surface area (Å²) in [6, 6.07) is 16.1. The molecule has 10 heteroatoms. The van der Waals surface area contributed by atoms with E-state index in [1.54, 1.807) is 26.0 Å². The van der Waals surface area contributed by atoms with E-state index in [0.717, 1.165) is 11.1 Å². The Morgan fingerprint density at radius 3 is 2.24 bits per heavy atom. The third kappa shape index (κ3) is 7.15. The molecule has 0 saturated carbocycles. The molecule has 0 unspecified atom stereocenters. The first kappa shape index (κ1) is 28.1. The highest BCUT2D eigenvalue weighted by Gasteiger charge is 2.45. The molecule has 2 aromatic carbocycles. The molecule has 0 aliphatic carbocycles. The van der Waals surface area contributed by atoms with Crippen LogP contribution in [0.2, 0.25) is 0 Å². The fraction of sp³-hybridized carbons (Fsp3) is 0.556. The normalized spacial score (nSPS) is 32.8. The van der Waals surface area contributed by atoms with E-state index in [2.05, 4.69) is 0 Å². The average Bonchev–Trinajstić information content (AvgIpc) is 2.88. The van der Waals surface area contributed by atoms with Gasteiger partial charge in [0.15, 0.2) is 12.6 Å². The van der Waals surface area contributed by atoms with Crippen LogP contribution in [0.4, 0.5) is 0 Å². The molecule has 2 aromatic rings. The Labute approximate surface area is 218 Å². The van der Waals surface area contributed by atoms with Crippen molar-refractivity contribution in [3.05, 3.63) is 65.7 Å². The highest BCUT2D eigenvalue weighted by atomic mass is 32.2. The lowest BCUT2D eigenvalue weighted by Gasteiger charge is -2.43. The van der Waals surface area contributed by atoms with Gasteiger partial charge in [0.05, 0.1) is 35.9 Å². The first-order chi connectivity index (χ1) is 17.7. The van der Waals surface area contributed by atoms with Crippen LogP contribution in [0.3, 0.4) is 0 Å². The molecule has 0 radical (unpaired) electrons. The van der Waals surface area contributed by atoms with Crippen molar-refractivity contribution in [1.29, 1.82) is 0 Å². The summed E-state index contributed by atoms with van der Waals surface area (Å²) in [6.45, 7) is 5.68. The zero-order valence-corrected chi connectivity index (χ0v) is 22.4. The summed E-state index contributed by atoms with van der Waals surface area (Å²) >= 11 is 0. The van der Waals surface area contributed by atoms with Crippen LogP contribution in [0.5, 0.6) is 0 Å². The molecule has 2 aliphatic heterocycles. The molecule has 2 fully saturated rings. The maximum atomic E-state index is 13.1. The molecule has 37 heavy (non-hydrogen) atoms. The fourth-order valence-electron chi connectivity index (χ4n) is 4.56. The van der Waals surface area contributed by atoms with Crippen molar-refractivity contribution in [3.8, 4) is 0 Å². The highest BCUT2D eigenvalue weighted by Crippen LogP contribution is 2.32. The lowest BCUT2D eigenvalue weighted by molar-refractivity contribution is -0.303. The molecule has 2 saturated heterocycles. The predicted octanol–water partition coefficient (Wildman–Crippen LogP) is 3.32. The van der Waals surface area contributed by atoms with Gasteiger partial charge in [0.2, 0.25) is 0 Å². The number of rotatable bonds is 9. The Morgan fingerprint density at radius 2 is 1.57 bits per heavy atom. The van der Waals surface area contributed by atoms with E-state index in [1.807, 2.05) is 37.3 Å². The molecule has 1 N–H and O–H groups in total. The Balaban J connectivity index is 1.47. The first-order valence-electron chi connectivity index (χ1n) is 12.5. The molecule has 204 valence electrons. The summed E-state index contributed by atoms with van der Waals surface area (Å²) in [4.78, 5) is 0.0537. The van der Waals surface area contributed by atoms with E-state index in [-0.39, 0.29) is 17.7 Å². The average molecular weight is 537 g/mol. The summed E-state index contributed by atoms with van der Waals surface area (Å²) < 4.78 is 61.2. The van der Waals surface area contributed by atoms with Crippen LogP contribution in [0.25, 0.3) is 0 Å². The number of hydrogen-bond acceptors (Lipinski definition) is 9. The molecule has 0 aromatic heterocycles. The lowest BCUT2D eigenvalue weighted by Crippen LogP contribution is -2.54. The van der Waals surface area contributed by atoms with E-state index in [1.165, 1.54) is 19.2 Å². The van der Waals surface area contributed by atoms with Crippen LogP contribution in [0.1, 0.15) is 37.8 Å². The molecule has 0 spiro atoms. The largest absolute Gasteiger partial charge is 0.388 e. The van der Waals surface area contributed by atoms with Crippen molar-refractivity contribution in [1.82, 2.24) is 0 Å². The Hall–Kier alpha value is -1.89. The molecule has 2 heterocycles. The van der Waals surface area contributed by atoms with Crippen LogP contribution in [0, 0.1) is 6.92 Å². The number of aliphatic hydroxyl groups is 1. The zero-order valence-electron chi connectivity index (χ0n) is 21.6. The van der Waals surface area contributed by atoms with Crippen LogP contribution in [0.15, 0.2) is 59.5 Å². The Bertz CT molecular complexity index is 1090. The van der Waals surface area contributed by atoms with E-state index in [4.69, 9.17) is 27.9 Å². The van der Waals surface area contributed by atoms with E-state index >= 15 is 0 Å². The van der Waals surface area contributed by atoms with E-state index in [0.29, 0.717) is 6.61 Å². The molecule has 4 rings (SSSR count). The van der Waals surface area contributed by atoms with E-state index in [9.17, 15) is 13.5 Å². The molecular weight excluding hydrogens is 500 g/mol. The van der Waals surface area contributed by atoms with Gasteiger partial charge < -0.3 is 28.8 Å². The molecule has 2 aliphatic rings. The van der Waals surface area contributed by atoms with Gasteiger partial charge in [-0.3, -0.25) is 4.18 Å². The number of ether oxygens (including phenoxy) is 5. The van der Waals surface area contributed by atoms with Gasteiger partial charge in [-0.05, 0) is 38.5 Å². The highest BCUT2D eigenvalue weighted by molar-refractivity contribution is 7.86. The van der Waals surface area contributed by atoms with Crippen molar-refractivity contribution in [3.63, 3.8) is 0 Å². The smallest absolute Gasteiger partial charge is 0.297 e. The van der Waals surface area contributed by atoms with Gasteiger partial charge in [-0.25, -0.2) is 0 Å². The number of benzene rings is 2. The van der Waals surface area contributed by atoms with Crippen molar-refractivity contribution in [2.45, 2.75) is 94.3 Å². The summed E-state index contributed by atoms with van der Waals surface area (Å²) in [5.74, 6) is 0. The maximum Gasteiger partial charge on any atom is 0.297 e.